The zero-order valence-corrected chi connectivity index (χ0v) is 13.8. The van der Waals surface area contributed by atoms with Crippen molar-refractivity contribution in [2.75, 3.05) is 0 Å². The van der Waals surface area contributed by atoms with Gasteiger partial charge in [0.1, 0.15) is 0 Å². The molecule has 2 heterocycles. The van der Waals surface area contributed by atoms with E-state index in [0.717, 1.165) is 5.69 Å². The van der Waals surface area contributed by atoms with E-state index in [9.17, 15) is 9.59 Å². The van der Waals surface area contributed by atoms with E-state index in [1.54, 1.807) is 30.2 Å². The molecule has 0 unspecified atom stereocenters. The Bertz CT molecular complexity index is 512. The third-order valence-electron chi connectivity index (χ3n) is 2.12. The minimum Gasteiger partial charge on any atom is -0.255 e. The molecule has 0 spiro atoms. The molecule has 3 nitrogen and oxygen atoms in total. The van der Waals surface area contributed by atoms with Crippen LogP contribution in [0.25, 0.3) is 10.6 Å². The molecule has 5 heteroatoms. The van der Waals surface area contributed by atoms with Gasteiger partial charge in [0.05, 0.1) is 10.6 Å². The van der Waals surface area contributed by atoms with Crippen LogP contribution in [0.5, 0.6) is 0 Å². The molecule has 0 bridgehead atoms. The zero-order chi connectivity index (χ0) is 14.3. The molecule has 0 saturated heterocycles. The predicted octanol–water partition coefficient (Wildman–Crippen LogP) is 3.31. The molecular weight excluding hydrogens is 438 g/mol. The summed E-state index contributed by atoms with van der Waals surface area (Å²) < 4.78 is -0.407. The van der Waals surface area contributed by atoms with Crippen LogP contribution in [0.1, 0.15) is 13.8 Å². The molecule has 0 fully saturated rings. The van der Waals surface area contributed by atoms with Crippen LogP contribution in [-0.2, 0) is 28.5 Å². The van der Waals surface area contributed by atoms with E-state index >= 15 is 0 Å². The normalized spacial score (nSPS) is 9.74. The van der Waals surface area contributed by atoms with Gasteiger partial charge in [0.15, 0.2) is 0 Å². The van der Waals surface area contributed by atoms with Crippen molar-refractivity contribution in [3.05, 3.63) is 41.9 Å². The summed E-state index contributed by atoms with van der Waals surface area (Å²) in [5.41, 5.74) is 1.06. The molecule has 0 aliphatic heterocycles. The van der Waals surface area contributed by atoms with Gasteiger partial charge in [-0.25, -0.2) is 0 Å². The number of hydrogen-bond donors (Lipinski definition) is 0. The summed E-state index contributed by atoms with van der Waals surface area (Å²) in [5, 5.41) is 2.06. The van der Waals surface area contributed by atoms with Crippen molar-refractivity contribution < 1.29 is 28.5 Å². The van der Waals surface area contributed by atoms with Crippen molar-refractivity contribution in [2.24, 2.45) is 0 Å². The number of carbonyl (C=O) groups is 2. The molecule has 2 rings (SSSR count). The largest absolute Gasteiger partial charge is 0.255 e. The van der Waals surface area contributed by atoms with Crippen molar-refractivity contribution in [3.63, 3.8) is 0 Å². The Morgan fingerprint density at radius 2 is 1.84 bits per heavy atom. The average Bonchev–Trinajstić information content (AvgIpc) is 2.93. The fraction of sp³-hybridized carbons (Fsp3) is 0.214. The van der Waals surface area contributed by atoms with Crippen molar-refractivity contribution >= 4 is 22.9 Å². The predicted molar refractivity (Wildman–Crippen MR) is 72.7 cm³/mol. The summed E-state index contributed by atoms with van der Waals surface area (Å²) in [4.78, 5) is 26.2. The molecule has 0 aliphatic rings. The number of thiophene rings is 1. The molecule has 0 atom stereocenters. The third kappa shape index (κ3) is 5.55. The second-order valence-corrected chi connectivity index (χ2v) is 6.08. The Kier molecular flexibility index (Phi) is 6.78. The Balaban J connectivity index is 0.000000203. The van der Waals surface area contributed by atoms with Gasteiger partial charge >= 0.3 is 58.3 Å². The van der Waals surface area contributed by atoms with Crippen molar-refractivity contribution in [1.29, 1.82) is 0 Å². The second kappa shape index (κ2) is 8.10. The van der Waals surface area contributed by atoms with Gasteiger partial charge in [-0.05, 0) is 23.6 Å². The number of carbonyl (C=O) groups excluding carboxylic acids is 2. The van der Waals surface area contributed by atoms with Gasteiger partial charge in [0, 0.05) is 6.20 Å². The Labute approximate surface area is 127 Å². The number of ketones is 2. The summed E-state index contributed by atoms with van der Waals surface area (Å²) in [6, 6.07) is 10.1. The van der Waals surface area contributed by atoms with E-state index in [2.05, 4.69) is 16.4 Å². The van der Waals surface area contributed by atoms with E-state index in [1.165, 1.54) is 18.7 Å². The number of nitrogens with zero attached hydrogens (tertiary/aromatic N) is 1. The maximum absolute atomic E-state index is 10.4. The van der Waals surface area contributed by atoms with E-state index in [0.29, 0.717) is 0 Å². The molecule has 0 aliphatic carbocycles. The number of Topliss-reactive ketones (excluding diaryl/α,β-unsaturated/α-hetero) is 2. The van der Waals surface area contributed by atoms with Crippen LogP contribution < -0.4 is 0 Å². The SMILES string of the molecule is CC(=O)[CH]([Ir])C(C)=O.c1ccc(-c2cccs2)nc1. The van der Waals surface area contributed by atoms with E-state index in [-0.39, 0.29) is 11.6 Å². The number of pyridine rings is 1. The fourth-order valence-corrected chi connectivity index (χ4v) is 1.92. The van der Waals surface area contributed by atoms with Gasteiger partial charge in [0.25, 0.3) is 0 Å². The third-order valence-corrected chi connectivity index (χ3v) is 4.96. The molecule has 0 saturated carbocycles. The molecule has 2 aromatic heterocycles. The average molecular weight is 453 g/mol. The Morgan fingerprint density at radius 3 is 2.21 bits per heavy atom. The second-order valence-electron chi connectivity index (χ2n) is 3.75. The van der Waals surface area contributed by atoms with Crippen molar-refractivity contribution in [2.45, 2.75) is 18.3 Å². The first-order chi connectivity index (χ1) is 9.02. The van der Waals surface area contributed by atoms with Gasteiger partial charge in [-0.3, -0.25) is 4.98 Å². The number of rotatable bonds is 3. The van der Waals surface area contributed by atoms with E-state index < -0.39 is 4.43 Å². The van der Waals surface area contributed by atoms with Crippen LogP contribution in [0.4, 0.5) is 0 Å². The maximum atomic E-state index is 10.4. The zero-order valence-electron chi connectivity index (χ0n) is 10.6. The molecule has 2 aromatic rings. The molecule has 0 amide bonds. The number of aromatic nitrogens is 1. The fourth-order valence-electron chi connectivity index (χ4n) is 1.22. The first-order valence-electron chi connectivity index (χ1n) is 5.59. The monoisotopic (exact) mass is 453 g/mol. The van der Waals surface area contributed by atoms with E-state index in [1.807, 2.05) is 30.5 Å². The van der Waals surface area contributed by atoms with Gasteiger partial charge < -0.3 is 0 Å². The summed E-state index contributed by atoms with van der Waals surface area (Å²) in [5.74, 6) is -0.116. The minimum absolute atomic E-state index is 0.0579. The van der Waals surface area contributed by atoms with Gasteiger partial charge in [-0.2, -0.15) is 0 Å². The maximum Gasteiger partial charge on any atom is 0.0801 e. The molecule has 0 N–H and O–H groups in total. The van der Waals surface area contributed by atoms with Crippen molar-refractivity contribution in [3.8, 4) is 10.6 Å². The smallest absolute Gasteiger partial charge is 0.0801 e. The summed E-state index contributed by atoms with van der Waals surface area (Å²) in [6.45, 7) is 2.85. The summed E-state index contributed by atoms with van der Waals surface area (Å²) >= 11 is 3.33. The molecular formula is C14H14IrNO2S. The van der Waals surface area contributed by atoms with Gasteiger partial charge in [-0.15, -0.1) is 11.3 Å². The van der Waals surface area contributed by atoms with Gasteiger partial charge in [0.2, 0.25) is 0 Å². The van der Waals surface area contributed by atoms with Crippen LogP contribution in [0.15, 0.2) is 41.9 Å². The van der Waals surface area contributed by atoms with Gasteiger partial charge in [-0.1, -0.05) is 12.1 Å². The topological polar surface area (TPSA) is 47.0 Å². The minimum atomic E-state index is -0.407. The molecule has 0 aromatic carbocycles. The Hall–Kier alpha value is -1.16. The molecule has 102 valence electrons. The van der Waals surface area contributed by atoms with Crippen LogP contribution in [0, 0.1) is 0 Å². The van der Waals surface area contributed by atoms with Crippen LogP contribution in [-0.4, -0.2) is 16.6 Å². The van der Waals surface area contributed by atoms with E-state index in [4.69, 9.17) is 0 Å². The molecule has 19 heavy (non-hydrogen) atoms. The van der Waals surface area contributed by atoms with Crippen LogP contribution >= 0.6 is 11.3 Å². The standard InChI is InChI=1S/C9H7NS.C5H7O2.Ir/c1-2-6-10-8(4-1)9-5-3-7-11-9;1-4(6)3-5(2)7;/h1-7H;3H,1-2H3;. The summed E-state index contributed by atoms with van der Waals surface area (Å²) in [6.07, 6.45) is 1.81. The Morgan fingerprint density at radius 1 is 1.16 bits per heavy atom. The first-order valence-corrected chi connectivity index (χ1v) is 7.86. The number of hydrogen-bond acceptors (Lipinski definition) is 4. The quantitative estimate of drug-likeness (QED) is 0.672. The molecule has 0 radical (unpaired) electrons. The summed E-state index contributed by atoms with van der Waals surface area (Å²) in [7, 11) is 0. The van der Waals surface area contributed by atoms with Crippen molar-refractivity contribution in [1.82, 2.24) is 4.98 Å². The van der Waals surface area contributed by atoms with Crippen LogP contribution in [0.2, 0.25) is 4.43 Å². The first kappa shape index (κ1) is 15.9. The van der Waals surface area contributed by atoms with Crippen LogP contribution in [0.3, 0.4) is 0 Å².